The topological polar surface area (TPSA) is 38.9 Å². The molecule has 2 rings (SSSR count). The molecule has 2 unspecified atom stereocenters. The number of anilines is 1. The van der Waals surface area contributed by atoms with E-state index in [1.165, 1.54) is 31.2 Å². The monoisotopic (exact) mass is 204 g/mol. The van der Waals surface area contributed by atoms with Gasteiger partial charge in [0.1, 0.15) is 0 Å². The summed E-state index contributed by atoms with van der Waals surface area (Å²) >= 11 is 0. The molecule has 1 fully saturated rings. The predicted molar refractivity (Wildman–Crippen MR) is 63.5 cm³/mol. The SMILES string of the molecule is CC1CCCC(Cc2cnccc2N)C1. The number of rotatable bonds is 2. The molecule has 1 aromatic rings. The van der Waals surface area contributed by atoms with Crippen molar-refractivity contribution in [2.45, 2.75) is 39.0 Å². The van der Waals surface area contributed by atoms with Crippen molar-refractivity contribution in [2.75, 3.05) is 5.73 Å². The van der Waals surface area contributed by atoms with Gasteiger partial charge in [0.15, 0.2) is 0 Å². The predicted octanol–water partition coefficient (Wildman–Crippen LogP) is 3.03. The van der Waals surface area contributed by atoms with Crippen LogP contribution in [0.4, 0.5) is 5.69 Å². The number of nitrogens with two attached hydrogens (primary N) is 1. The molecule has 82 valence electrons. The first kappa shape index (κ1) is 10.5. The lowest BCUT2D eigenvalue weighted by molar-refractivity contribution is 0.281. The molecule has 2 heteroatoms. The van der Waals surface area contributed by atoms with Crippen LogP contribution < -0.4 is 5.73 Å². The average molecular weight is 204 g/mol. The highest BCUT2D eigenvalue weighted by Crippen LogP contribution is 2.31. The van der Waals surface area contributed by atoms with Gasteiger partial charge in [-0.2, -0.15) is 0 Å². The molecule has 1 aliphatic rings. The smallest absolute Gasteiger partial charge is 0.0377 e. The Labute approximate surface area is 91.9 Å². The van der Waals surface area contributed by atoms with Crippen molar-refractivity contribution in [3.8, 4) is 0 Å². The van der Waals surface area contributed by atoms with Crippen LogP contribution in [0.25, 0.3) is 0 Å². The van der Waals surface area contributed by atoms with Gasteiger partial charge in [0.2, 0.25) is 0 Å². The molecule has 2 atom stereocenters. The van der Waals surface area contributed by atoms with Gasteiger partial charge in [-0.3, -0.25) is 4.98 Å². The largest absolute Gasteiger partial charge is 0.398 e. The summed E-state index contributed by atoms with van der Waals surface area (Å²) in [5.41, 5.74) is 8.07. The number of hydrogen-bond donors (Lipinski definition) is 1. The van der Waals surface area contributed by atoms with Crippen LogP contribution in [0.1, 0.15) is 38.2 Å². The number of nitrogen functional groups attached to an aromatic ring is 1. The van der Waals surface area contributed by atoms with Gasteiger partial charge in [-0.25, -0.2) is 0 Å². The van der Waals surface area contributed by atoms with Crippen LogP contribution in [0.5, 0.6) is 0 Å². The third-order valence-corrected chi connectivity index (χ3v) is 3.49. The molecule has 0 aliphatic heterocycles. The van der Waals surface area contributed by atoms with Crippen molar-refractivity contribution in [1.82, 2.24) is 4.98 Å². The highest BCUT2D eigenvalue weighted by Gasteiger charge is 2.19. The molecular formula is C13H20N2. The van der Waals surface area contributed by atoms with Gasteiger partial charge in [-0.05, 0) is 36.3 Å². The molecule has 15 heavy (non-hydrogen) atoms. The second kappa shape index (κ2) is 4.65. The van der Waals surface area contributed by atoms with Crippen molar-refractivity contribution in [1.29, 1.82) is 0 Å². The Kier molecular flexibility index (Phi) is 3.24. The summed E-state index contributed by atoms with van der Waals surface area (Å²) < 4.78 is 0. The van der Waals surface area contributed by atoms with Crippen molar-refractivity contribution in [3.05, 3.63) is 24.0 Å². The molecule has 1 aromatic heterocycles. The van der Waals surface area contributed by atoms with E-state index < -0.39 is 0 Å². The highest BCUT2D eigenvalue weighted by atomic mass is 14.7. The fourth-order valence-corrected chi connectivity index (χ4v) is 2.66. The van der Waals surface area contributed by atoms with E-state index in [0.29, 0.717) is 0 Å². The minimum atomic E-state index is 0.820. The lowest BCUT2D eigenvalue weighted by Gasteiger charge is -2.26. The second-order valence-corrected chi connectivity index (χ2v) is 4.92. The van der Waals surface area contributed by atoms with E-state index in [1.807, 2.05) is 12.3 Å². The standard InChI is InChI=1S/C13H20N2/c1-10-3-2-4-11(7-10)8-12-9-15-6-5-13(12)14/h5-6,9-11H,2-4,7-8H2,1H3,(H2,14,15). The van der Waals surface area contributed by atoms with Crippen LogP contribution in [0.3, 0.4) is 0 Å². The zero-order valence-electron chi connectivity index (χ0n) is 9.45. The van der Waals surface area contributed by atoms with Gasteiger partial charge in [-0.15, -0.1) is 0 Å². The molecule has 1 saturated carbocycles. The number of nitrogens with zero attached hydrogens (tertiary/aromatic N) is 1. The summed E-state index contributed by atoms with van der Waals surface area (Å²) in [6, 6.07) is 1.90. The fourth-order valence-electron chi connectivity index (χ4n) is 2.66. The van der Waals surface area contributed by atoms with Gasteiger partial charge in [0.05, 0.1) is 0 Å². The summed E-state index contributed by atoms with van der Waals surface area (Å²) in [4.78, 5) is 4.15. The zero-order valence-corrected chi connectivity index (χ0v) is 9.45. The van der Waals surface area contributed by atoms with E-state index in [-0.39, 0.29) is 0 Å². The Morgan fingerprint density at radius 2 is 2.33 bits per heavy atom. The number of pyridine rings is 1. The van der Waals surface area contributed by atoms with Crippen LogP contribution in [-0.2, 0) is 6.42 Å². The quantitative estimate of drug-likeness (QED) is 0.804. The van der Waals surface area contributed by atoms with Gasteiger partial charge in [-0.1, -0.05) is 26.2 Å². The minimum Gasteiger partial charge on any atom is -0.398 e. The Balaban J connectivity index is 1.99. The molecule has 1 heterocycles. The Morgan fingerprint density at radius 1 is 1.47 bits per heavy atom. The van der Waals surface area contributed by atoms with E-state index in [2.05, 4.69) is 11.9 Å². The van der Waals surface area contributed by atoms with Crippen molar-refractivity contribution in [3.63, 3.8) is 0 Å². The van der Waals surface area contributed by atoms with Gasteiger partial charge in [0.25, 0.3) is 0 Å². The number of aromatic nitrogens is 1. The van der Waals surface area contributed by atoms with Crippen LogP contribution in [-0.4, -0.2) is 4.98 Å². The highest BCUT2D eigenvalue weighted by molar-refractivity contribution is 5.44. The third-order valence-electron chi connectivity index (χ3n) is 3.49. The average Bonchev–Trinajstić information content (AvgIpc) is 2.22. The van der Waals surface area contributed by atoms with Crippen LogP contribution in [0.2, 0.25) is 0 Å². The van der Waals surface area contributed by atoms with Crippen molar-refractivity contribution in [2.24, 2.45) is 11.8 Å². The molecule has 1 aliphatic carbocycles. The van der Waals surface area contributed by atoms with Gasteiger partial charge >= 0.3 is 0 Å². The molecule has 0 saturated heterocycles. The van der Waals surface area contributed by atoms with E-state index in [9.17, 15) is 0 Å². The molecule has 0 bridgehead atoms. The summed E-state index contributed by atoms with van der Waals surface area (Å²) in [7, 11) is 0. The van der Waals surface area contributed by atoms with Crippen LogP contribution >= 0.6 is 0 Å². The summed E-state index contributed by atoms with van der Waals surface area (Å²) in [5.74, 6) is 1.71. The normalized spacial score (nSPS) is 26.5. The van der Waals surface area contributed by atoms with E-state index >= 15 is 0 Å². The Bertz CT molecular complexity index is 322. The first-order valence-corrected chi connectivity index (χ1v) is 5.94. The van der Waals surface area contributed by atoms with Gasteiger partial charge in [0, 0.05) is 18.1 Å². The van der Waals surface area contributed by atoms with Crippen LogP contribution in [0.15, 0.2) is 18.5 Å². The first-order chi connectivity index (χ1) is 7.25. The van der Waals surface area contributed by atoms with Crippen molar-refractivity contribution < 1.29 is 0 Å². The fraction of sp³-hybridized carbons (Fsp3) is 0.615. The molecule has 0 spiro atoms. The maximum Gasteiger partial charge on any atom is 0.0377 e. The third kappa shape index (κ3) is 2.71. The Morgan fingerprint density at radius 3 is 3.07 bits per heavy atom. The summed E-state index contributed by atoms with van der Waals surface area (Å²) in [6.07, 6.45) is 10.3. The minimum absolute atomic E-state index is 0.820. The first-order valence-electron chi connectivity index (χ1n) is 5.94. The summed E-state index contributed by atoms with van der Waals surface area (Å²) in [6.45, 7) is 2.36. The Hall–Kier alpha value is -1.05. The maximum absolute atomic E-state index is 5.93. The maximum atomic E-state index is 5.93. The molecule has 2 nitrogen and oxygen atoms in total. The van der Waals surface area contributed by atoms with Crippen LogP contribution in [0, 0.1) is 11.8 Å². The lowest BCUT2D eigenvalue weighted by Crippen LogP contribution is -2.16. The summed E-state index contributed by atoms with van der Waals surface area (Å²) in [5, 5.41) is 0. The second-order valence-electron chi connectivity index (χ2n) is 4.92. The molecule has 0 aromatic carbocycles. The van der Waals surface area contributed by atoms with E-state index in [4.69, 9.17) is 5.73 Å². The van der Waals surface area contributed by atoms with Gasteiger partial charge < -0.3 is 5.73 Å². The van der Waals surface area contributed by atoms with E-state index in [0.717, 1.165) is 23.9 Å². The lowest BCUT2D eigenvalue weighted by atomic mass is 9.79. The molecule has 2 N–H and O–H groups in total. The molecule has 0 radical (unpaired) electrons. The van der Waals surface area contributed by atoms with Crippen molar-refractivity contribution >= 4 is 5.69 Å². The molecular weight excluding hydrogens is 184 g/mol. The molecule has 0 amide bonds. The zero-order chi connectivity index (χ0) is 10.7. The number of hydrogen-bond acceptors (Lipinski definition) is 2. The van der Waals surface area contributed by atoms with E-state index in [1.54, 1.807) is 6.20 Å².